The van der Waals surface area contributed by atoms with Crippen molar-refractivity contribution in [2.45, 2.75) is 75.7 Å². The van der Waals surface area contributed by atoms with E-state index in [1.54, 1.807) is 0 Å². The largest absolute Gasteiger partial charge is 0.481 e. The molecule has 1 aliphatic carbocycles. The van der Waals surface area contributed by atoms with Gasteiger partial charge in [0.2, 0.25) is 0 Å². The molecule has 1 fully saturated rings. The molecule has 1 saturated carbocycles. The van der Waals surface area contributed by atoms with Crippen LogP contribution in [0.5, 0.6) is 0 Å². The SMILES string of the molecule is CC(C)(C)c1ccc(C2C(O)CC(Cl)C2C/C=C\CCCC(=O)O)cc1. The number of carboxylic acids is 1. The summed E-state index contributed by atoms with van der Waals surface area (Å²) in [7, 11) is 0. The van der Waals surface area contributed by atoms with Gasteiger partial charge in [0.15, 0.2) is 0 Å². The Morgan fingerprint density at radius 1 is 1.23 bits per heavy atom. The molecule has 0 saturated heterocycles. The average molecular weight is 379 g/mol. The minimum Gasteiger partial charge on any atom is -0.481 e. The van der Waals surface area contributed by atoms with Gasteiger partial charge in [0.1, 0.15) is 0 Å². The van der Waals surface area contributed by atoms with Gasteiger partial charge >= 0.3 is 5.97 Å². The number of alkyl halides is 1. The number of aliphatic carboxylic acids is 1. The molecule has 0 radical (unpaired) electrons. The fourth-order valence-corrected chi connectivity index (χ4v) is 4.22. The van der Waals surface area contributed by atoms with E-state index in [0.717, 1.165) is 18.4 Å². The normalized spacial score (nSPS) is 26.5. The first kappa shape index (κ1) is 21.0. The predicted molar refractivity (Wildman–Crippen MR) is 107 cm³/mol. The first-order valence-corrected chi connectivity index (χ1v) is 9.93. The summed E-state index contributed by atoms with van der Waals surface area (Å²) in [6, 6.07) is 8.57. The summed E-state index contributed by atoms with van der Waals surface area (Å²) >= 11 is 6.53. The third-order valence-electron chi connectivity index (χ3n) is 5.31. The molecule has 0 amide bonds. The van der Waals surface area contributed by atoms with Gasteiger partial charge in [-0.15, -0.1) is 11.6 Å². The Balaban J connectivity index is 2.03. The quantitative estimate of drug-likeness (QED) is 0.386. The lowest BCUT2D eigenvalue weighted by Crippen LogP contribution is -2.19. The van der Waals surface area contributed by atoms with E-state index in [4.69, 9.17) is 16.7 Å². The molecule has 0 heterocycles. The molecule has 3 nitrogen and oxygen atoms in total. The van der Waals surface area contributed by atoms with Crippen molar-refractivity contribution in [2.24, 2.45) is 5.92 Å². The van der Waals surface area contributed by atoms with Gasteiger partial charge < -0.3 is 10.2 Å². The van der Waals surface area contributed by atoms with E-state index in [-0.39, 0.29) is 29.0 Å². The minimum atomic E-state index is -0.753. The highest BCUT2D eigenvalue weighted by Gasteiger charge is 2.41. The first-order valence-electron chi connectivity index (χ1n) is 9.49. The summed E-state index contributed by atoms with van der Waals surface area (Å²) in [6.07, 6.45) is 6.76. The van der Waals surface area contributed by atoms with Gasteiger partial charge in [-0.2, -0.15) is 0 Å². The molecule has 0 spiro atoms. The third kappa shape index (κ3) is 5.59. The number of aliphatic hydroxyl groups is 1. The van der Waals surface area contributed by atoms with Crippen molar-refractivity contribution in [3.05, 3.63) is 47.5 Å². The van der Waals surface area contributed by atoms with Crippen LogP contribution in [0, 0.1) is 5.92 Å². The lowest BCUT2D eigenvalue weighted by molar-refractivity contribution is -0.137. The van der Waals surface area contributed by atoms with Crippen molar-refractivity contribution in [1.82, 2.24) is 0 Å². The summed E-state index contributed by atoms with van der Waals surface area (Å²) in [6.45, 7) is 6.58. The molecular formula is C22H31ClO3. The summed E-state index contributed by atoms with van der Waals surface area (Å²) in [4.78, 5) is 10.5. The summed E-state index contributed by atoms with van der Waals surface area (Å²) in [5.41, 5.74) is 2.55. The highest BCUT2D eigenvalue weighted by molar-refractivity contribution is 6.21. The van der Waals surface area contributed by atoms with Crippen LogP contribution in [0.3, 0.4) is 0 Å². The molecule has 4 atom stereocenters. The molecule has 2 rings (SSSR count). The van der Waals surface area contributed by atoms with Gasteiger partial charge in [-0.25, -0.2) is 0 Å². The smallest absolute Gasteiger partial charge is 0.303 e. The van der Waals surface area contributed by atoms with Gasteiger partial charge in [-0.1, -0.05) is 57.2 Å². The van der Waals surface area contributed by atoms with Crippen LogP contribution < -0.4 is 0 Å². The minimum absolute atomic E-state index is 0.0408. The standard InChI is InChI=1S/C22H31ClO3/c1-22(2,3)16-12-10-15(11-13-16)21-17(18(23)14-19(21)24)8-6-4-5-7-9-20(25)26/h4,6,10-13,17-19,21,24H,5,7-9,14H2,1-3H3,(H,25,26)/b6-4-. The second-order valence-electron chi connectivity index (χ2n) is 8.37. The fraction of sp³-hybridized carbons (Fsp3) is 0.591. The van der Waals surface area contributed by atoms with E-state index in [9.17, 15) is 9.90 Å². The van der Waals surface area contributed by atoms with Crippen molar-refractivity contribution < 1.29 is 15.0 Å². The summed E-state index contributed by atoms with van der Waals surface area (Å²) in [5, 5.41) is 19.2. The summed E-state index contributed by atoms with van der Waals surface area (Å²) < 4.78 is 0. The van der Waals surface area contributed by atoms with Crippen LogP contribution in [-0.4, -0.2) is 27.7 Å². The number of benzene rings is 1. The van der Waals surface area contributed by atoms with E-state index < -0.39 is 12.1 Å². The van der Waals surface area contributed by atoms with Crippen LogP contribution in [0.1, 0.15) is 69.9 Å². The van der Waals surface area contributed by atoms with E-state index in [0.29, 0.717) is 12.8 Å². The van der Waals surface area contributed by atoms with E-state index in [1.165, 1.54) is 5.56 Å². The Hall–Kier alpha value is -1.32. The van der Waals surface area contributed by atoms with Crippen LogP contribution >= 0.6 is 11.6 Å². The van der Waals surface area contributed by atoms with Crippen molar-refractivity contribution in [1.29, 1.82) is 0 Å². The molecule has 4 unspecified atom stereocenters. The van der Waals surface area contributed by atoms with E-state index in [1.807, 2.05) is 6.08 Å². The maximum atomic E-state index is 10.5. The number of carbonyl (C=O) groups is 1. The number of hydrogen-bond acceptors (Lipinski definition) is 2. The first-order chi connectivity index (χ1) is 12.2. The maximum Gasteiger partial charge on any atom is 0.303 e. The number of hydrogen-bond donors (Lipinski definition) is 2. The number of carboxylic acid groups (broad SMARTS) is 1. The molecule has 2 N–H and O–H groups in total. The van der Waals surface area contributed by atoms with E-state index in [2.05, 4.69) is 51.1 Å². The van der Waals surface area contributed by atoms with Crippen LogP contribution in [0.4, 0.5) is 0 Å². The fourth-order valence-electron chi connectivity index (χ4n) is 3.77. The van der Waals surface area contributed by atoms with Gasteiger partial charge in [-0.3, -0.25) is 4.79 Å². The predicted octanol–water partition coefficient (Wildman–Crippen LogP) is 5.26. The third-order valence-corrected chi connectivity index (χ3v) is 5.81. The topological polar surface area (TPSA) is 57.5 Å². The molecule has 26 heavy (non-hydrogen) atoms. The lowest BCUT2D eigenvalue weighted by Gasteiger charge is -2.25. The number of unbranched alkanes of at least 4 members (excludes halogenated alkanes) is 1. The number of rotatable bonds is 7. The van der Waals surface area contributed by atoms with Crippen molar-refractivity contribution in [3.8, 4) is 0 Å². The molecule has 0 aliphatic heterocycles. The Morgan fingerprint density at radius 3 is 2.46 bits per heavy atom. The number of allylic oxidation sites excluding steroid dienone is 2. The molecule has 1 aromatic carbocycles. The van der Waals surface area contributed by atoms with Crippen LogP contribution in [-0.2, 0) is 10.2 Å². The zero-order valence-electron chi connectivity index (χ0n) is 16.0. The Labute approximate surface area is 162 Å². The Morgan fingerprint density at radius 2 is 1.88 bits per heavy atom. The second kappa shape index (κ2) is 9.05. The molecule has 0 bridgehead atoms. The zero-order valence-corrected chi connectivity index (χ0v) is 16.7. The molecule has 4 heteroatoms. The monoisotopic (exact) mass is 378 g/mol. The average Bonchev–Trinajstić information content (AvgIpc) is 2.83. The van der Waals surface area contributed by atoms with Crippen LogP contribution in [0.25, 0.3) is 0 Å². The highest BCUT2D eigenvalue weighted by atomic mass is 35.5. The molecule has 144 valence electrons. The van der Waals surface area contributed by atoms with Gasteiger partial charge in [0, 0.05) is 17.7 Å². The van der Waals surface area contributed by atoms with Gasteiger partial charge in [-0.05, 0) is 48.1 Å². The van der Waals surface area contributed by atoms with Crippen LogP contribution in [0.2, 0.25) is 0 Å². The number of aliphatic hydroxyl groups excluding tert-OH is 1. The van der Waals surface area contributed by atoms with Crippen molar-refractivity contribution in [2.75, 3.05) is 0 Å². The molecule has 0 aromatic heterocycles. The second-order valence-corrected chi connectivity index (χ2v) is 8.93. The Kier molecular flexibility index (Phi) is 7.31. The van der Waals surface area contributed by atoms with Gasteiger partial charge in [0.05, 0.1) is 6.10 Å². The maximum absolute atomic E-state index is 10.5. The van der Waals surface area contributed by atoms with Crippen molar-refractivity contribution >= 4 is 17.6 Å². The lowest BCUT2D eigenvalue weighted by atomic mass is 9.82. The summed E-state index contributed by atoms with van der Waals surface area (Å²) in [5.74, 6) is -0.505. The van der Waals surface area contributed by atoms with E-state index >= 15 is 0 Å². The number of halogens is 1. The van der Waals surface area contributed by atoms with Crippen LogP contribution in [0.15, 0.2) is 36.4 Å². The van der Waals surface area contributed by atoms with Crippen molar-refractivity contribution in [3.63, 3.8) is 0 Å². The van der Waals surface area contributed by atoms with Gasteiger partial charge in [0.25, 0.3) is 0 Å². The zero-order chi connectivity index (χ0) is 19.3. The highest BCUT2D eigenvalue weighted by Crippen LogP contribution is 2.45. The Bertz CT molecular complexity index is 615. The molecule has 1 aliphatic rings. The molecular weight excluding hydrogens is 348 g/mol. The molecule has 1 aromatic rings.